The number of nitrogens with one attached hydrogen (secondary N) is 1. The van der Waals surface area contributed by atoms with Crippen molar-refractivity contribution in [2.45, 2.75) is 38.8 Å². The zero-order valence-corrected chi connectivity index (χ0v) is 16.5. The van der Waals surface area contributed by atoms with Crippen LogP contribution in [0.25, 0.3) is 0 Å². The van der Waals surface area contributed by atoms with Crippen LogP contribution in [0.4, 0.5) is 4.79 Å². The number of imidazole rings is 1. The molecule has 2 aromatic rings. The van der Waals surface area contributed by atoms with Crippen molar-refractivity contribution in [1.82, 2.24) is 24.7 Å². The topological polar surface area (TPSA) is 53.4 Å². The summed E-state index contributed by atoms with van der Waals surface area (Å²) in [6, 6.07) is 10.7. The zero-order chi connectivity index (χ0) is 19.1. The number of hydrogen-bond acceptors (Lipinski definition) is 3. The van der Waals surface area contributed by atoms with E-state index in [1.807, 2.05) is 30.8 Å². The van der Waals surface area contributed by atoms with Crippen molar-refractivity contribution in [1.29, 1.82) is 0 Å². The largest absolute Gasteiger partial charge is 0.337 e. The van der Waals surface area contributed by atoms with Gasteiger partial charge in [0.2, 0.25) is 0 Å². The Hall–Kier alpha value is -2.34. The van der Waals surface area contributed by atoms with Gasteiger partial charge in [-0.2, -0.15) is 0 Å². The third-order valence-corrected chi connectivity index (χ3v) is 5.38. The van der Waals surface area contributed by atoms with Crippen LogP contribution >= 0.6 is 0 Å². The molecule has 1 aliphatic rings. The van der Waals surface area contributed by atoms with Crippen molar-refractivity contribution in [3.05, 3.63) is 54.1 Å². The number of urea groups is 1. The molecule has 3 rings (SSSR count). The van der Waals surface area contributed by atoms with E-state index in [4.69, 9.17) is 0 Å². The zero-order valence-electron chi connectivity index (χ0n) is 16.5. The molecule has 1 aromatic heterocycles. The normalized spacial score (nSPS) is 16.1. The van der Waals surface area contributed by atoms with Crippen molar-refractivity contribution in [2.75, 3.05) is 26.2 Å². The summed E-state index contributed by atoms with van der Waals surface area (Å²) >= 11 is 0. The molecule has 2 heterocycles. The summed E-state index contributed by atoms with van der Waals surface area (Å²) in [5, 5.41) is 3.17. The average Bonchev–Trinajstić information content (AvgIpc) is 3.12. The summed E-state index contributed by atoms with van der Waals surface area (Å²) in [4.78, 5) is 21.4. The van der Waals surface area contributed by atoms with Gasteiger partial charge in [-0.3, -0.25) is 4.90 Å². The number of likely N-dealkylation sites (tertiary alicyclic amines) is 1. The first-order chi connectivity index (χ1) is 13.2. The van der Waals surface area contributed by atoms with Crippen LogP contribution in [-0.4, -0.2) is 51.6 Å². The van der Waals surface area contributed by atoms with Gasteiger partial charge >= 0.3 is 6.03 Å². The van der Waals surface area contributed by atoms with Crippen LogP contribution in [0.1, 0.15) is 43.6 Å². The number of carbonyl (C=O) groups is 1. The van der Waals surface area contributed by atoms with Crippen molar-refractivity contribution >= 4 is 6.03 Å². The number of amides is 2. The third-order valence-electron chi connectivity index (χ3n) is 5.38. The van der Waals surface area contributed by atoms with E-state index in [2.05, 4.69) is 39.5 Å². The van der Waals surface area contributed by atoms with Crippen LogP contribution < -0.4 is 5.32 Å². The summed E-state index contributed by atoms with van der Waals surface area (Å²) in [7, 11) is 1.95. The lowest BCUT2D eigenvalue weighted by Gasteiger charge is -2.35. The maximum atomic E-state index is 12.8. The number of benzene rings is 1. The SMILES string of the molecule is CCN(Cc1nccn1C)C(=O)NC[C@@H](c1ccccc1)N1CCCCC1. The van der Waals surface area contributed by atoms with Crippen LogP contribution in [0.3, 0.4) is 0 Å². The molecule has 6 heteroatoms. The van der Waals surface area contributed by atoms with Gasteiger partial charge < -0.3 is 14.8 Å². The van der Waals surface area contributed by atoms with Gasteiger partial charge in [0.05, 0.1) is 12.6 Å². The second-order valence-electron chi connectivity index (χ2n) is 7.18. The van der Waals surface area contributed by atoms with Crippen molar-refractivity contribution in [2.24, 2.45) is 7.05 Å². The fourth-order valence-corrected chi connectivity index (χ4v) is 3.71. The monoisotopic (exact) mass is 369 g/mol. The van der Waals surface area contributed by atoms with Crippen LogP contribution in [-0.2, 0) is 13.6 Å². The lowest BCUT2D eigenvalue weighted by molar-refractivity contribution is 0.154. The van der Waals surface area contributed by atoms with Crippen LogP contribution in [0.5, 0.6) is 0 Å². The van der Waals surface area contributed by atoms with E-state index >= 15 is 0 Å². The van der Waals surface area contributed by atoms with Crippen molar-refractivity contribution in [3.8, 4) is 0 Å². The highest BCUT2D eigenvalue weighted by molar-refractivity contribution is 5.74. The van der Waals surface area contributed by atoms with Crippen LogP contribution in [0, 0.1) is 0 Å². The molecule has 0 unspecified atom stereocenters. The number of aryl methyl sites for hydroxylation is 1. The Kier molecular flexibility index (Phi) is 6.87. The molecule has 146 valence electrons. The molecule has 0 spiro atoms. The lowest BCUT2D eigenvalue weighted by atomic mass is 10.0. The Morgan fingerprint density at radius 2 is 1.96 bits per heavy atom. The highest BCUT2D eigenvalue weighted by atomic mass is 16.2. The molecule has 1 fully saturated rings. The maximum absolute atomic E-state index is 12.8. The van der Waals surface area contributed by atoms with Crippen LogP contribution in [0.15, 0.2) is 42.7 Å². The number of rotatable bonds is 7. The molecular weight excluding hydrogens is 338 g/mol. The lowest BCUT2D eigenvalue weighted by Crippen LogP contribution is -2.45. The Labute approximate surface area is 162 Å². The van der Waals surface area contributed by atoms with Gasteiger partial charge in [0.1, 0.15) is 5.82 Å². The molecule has 2 amide bonds. The Morgan fingerprint density at radius 3 is 2.59 bits per heavy atom. The first kappa shape index (κ1) is 19.4. The standard InChI is InChI=1S/C21H31N5O/c1-3-25(17-20-22-12-15-24(20)2)21(27)23-16-19(18-10-6-4-7-11-18)26-13-8-5-9-14-26/h4,6-7,10-12,15,19H,3,5,8-9,13-14,16-17H2,1-2H3,(H,23,27)/t19-/m0/s1. The summed E-state index contributed by atoms with van der Waals surface area (Å²) in [5.41, 5.74) is 1.27. The van der Waals surface area contributed by atoms with Gasteiger partial charge in [-0.25, -0.2) is 9.78 Å². The summed E-state index contributed by atoms with van der Waals surface area (Å²) < 4.78 is 1.95. The predicted octanol–water partition coefficient (Wildman–Crippen LogP) is 3.18. The van der Waals surface area contributed by atoms with Crippen molar-refractivity contribution in [3.63, 3.8) is 0 Å². The van der Waals surface area contributed by atoms with Gasteiger partial charge in [-0.05, 0) is 38.4 Å². The van der Waals surface area contributed by atoms with Gasteiger partial charge in [-0.1, -0.05) is 36.8 Å². The minimum atomic E-state index is -0.0292. The van der Waals surface area contributed by atoms with Crippen LogP contribution in [0.2, 0.25) is 0 Å². The average molecular weight is 370 g/mol. The molecule has 0 saturated carbocycles. The fraction of sp³-hybridized carbons (Fsp3) is 0.524. The Balaban J connectivity index is 1.64. The number of hydrogen-bond donors (Lipinski definition) is 1. The van der Waals surface area contributed by atoms with E-state index in [1.165, 1.54) is 24.8 Å². The molecule has 1 aromatic carbocycles. The third kappa shape index (κ3) is 5.10. The van der Waals surface area contributed by atoms with E-state index < -0.39 is 0 Å². The van der Waals surface area contributed by atoms with E-state index in [0.717, 1.165) is 18.9 Å². The number of carbonyl (C=O) groups excluding carboxylic acids is 1. The maximum Gasteiger partial charge on any atom is 0.317 e. The molecule has 1 aliphatic heterocycles. The van der Waals surface area contributed by atoms with Gasteiger partial charge in [0.25, 0.3) is 0 Å². The van der Waals surface area contributed by atoms with Crippen molar-refractivity contribution < 1.29 is 4.79 Å². The fourth-order valence-electron chi connectivity index (χ4n) is 3.71. The molecule has 0 radical (unpaired) electrons. The Bertz CT molecular complexity index is 708. The summed E-state index contributed by atoms with van der Waals surface area (Å²) in [6.07, 6.45) is 7.44. The highest BCUT2D eigenvalue weighted by Gasteiger charge is 2.23. The first-order valence-electron chi connectivity index (χ1n) is 9.97. The van der Waals surface area contributed by atoms with Gasteiger partial charge in [0.15, 0.2) is 0 Å². The molecule has 1 saturated heterocycles. The van der Waals surface area contributed by atoms with E-state index in [-0.39, 0.29) is 12.1 Å². The van der Waals surface area contributed by atoms with E-state index in [9.17, 15) is 4.79 Å². The number of aromatic nitrogens is 2. The Morgan fingerprint density at radius 1 is 1.22 bits per heavy atom. The van der Waals surface area contributed by atoms with Gasteiger partial charge in [-0.15, -0.1) is 0 Å². The second-order valence-corrected chi connectivity index (χ2v) is 7.18. The smallest absolute Gasteiger partial charge is 0.317 e. The van der Waals surface area contributed by atoms with Gasteiger partial charge in [0, 0.05) is 32.5 Å². The first-order valence-corrected chi connectivity index (χ1v) is 9.97. The molecular formula is C21H31N5O. The minimum Gasteiger partial charge on any atom is -0.337 e. The van der Waals surface area contributed by atoms with E-state index in [0.29, 0.717) is 19.6 Å². The molecule has 0 aliphatic carbocycles. The number of piperidine rings is 1. The molecule has 0 bridgehead atoms. The second kappa shape index (κ2) is 9.55. The summed E-state index contributed by atoms with van der Waals surface area (Å²) in [6.45, 7) is 5.99. The summed E-state index contributed by atoms with van der Waals surface area (Å²) in [5.74, 6) is 0.891. The minimum absolute atomic E-state index is 0.0292. The van der Waals surface area contributed by atoms with E-state index in [1.54, 1.807) is 11.1 Å². The number of nitrogens with zero attached hydrogens (tertiary/aromatic N) is 4. The molecule has 27 heavy (non-hydrogen) atoms. The highest BCUT2D eigenvalue weighted by Crippen LogP contribution is 2.24. The molecule has 1 atom stereocenters. The molecule has 1 N–H and O–H groups in total. The predicted molar refractivity (Wildman–Crippen MR) is 107 cm³/mol. The molecule has 6 nitrogen and oxygen atoms in total. The quantitative estimate of drug-likeness (QED) is 0.816.